The summed E-state index contributed by atoms with van der Waals surface area (Å²) in [6, 6.07) is 21.3. The smallest absolute Gasteiger partial charge is 0.213 e. The topological polar surface area (TPSA) is 21.6 Å². The number of rotatable bonds is 5. The molecule has 27 heavy (non-hydrogen) atoms. The number of hydrogen-bond acceptors (Lipinski definition) is 2. The third-order valence-corrected chi connectivity index (χ3v) is 5.78. The predicted molar refractivity (Wildman–Crippen MR) is 113 cm³/mol. The van der Waals surface area contributed by atoms with E-state index in [2.05, 4.69) is 67.6 Å². The van der Waals surface area contributed by atoms with Gasteiger partial charge in [-0.3, -0.25) is 0 Å². The molecule has 1 heterocycles. The van der Waals surface area contributed by atoms with Gasteiger partial charge >= 0.3 is 0 Å². The lowest BCUT2D eigenvalue weighted by Crippen LogP contribution is -2.34. The van der Waals surface area contributed by atoms with Crippen molar-refractivity contribution in [1.82, 2.24) is 0 Å². The Kier molecular flexibility index (Phi) is 5.42. The first-order chi connectivity index (χ1) is 13.3. The number of ether oxygens (including phenoxy) is 1. The van der Waals surface area contributed by atoms with Gasteiger partial charge in [-0.1, -0.05) is 80.4 Å². The zero-order valence-electron chi connectivity index (χ0n) is 16.3. The summed E-state index contributed by atoms with van der Waals surface area (Å²) < 4.78 is 6.72. The molecule has 2 aliphatic rings. The molecule has 1 saturated carbocycles. The Labute approximate surface area is 163 Å². The van der Waals surface area contributed by atoms with Crippen LogP contribution in [-0.4, -0.2) is 11.5 Å². The summed E-state index contributed by atoms with van der Waals surface area (Å²) in [4.78, 5) is 4.96. The van der Waals surface area contributed by atoms with E-state index < -0.39 is 0 Å². The van der Waals surface area contributed by atoms with Crippen molar-refractivity contribution in [1.29, 1.82) is 0 Å². The molecule has 0 aromatic heterocycles. The normalized spacial score (nSPS) is 20.3. The van der Waals surface area contributed by atoms with Crippen LogP contribution in [0.5, 0.6) is 0 Å². The van der Waals surface area contributed by atoms with Gasteiger partial charge in [-0.05, 0) is 43.2 Å². The molecule has 0 amide bonds. The predicted octanol–water partition coefficient (Wildman–Crippen LogP) is 6.57. The molecule has 0 atom stereocenters. The summed E-state index contributed by atoms with van der Waals surface area (Å²) >= 11 is 0. The maximum Gasteiger partial charge on any atom is 0.213 e. The molecule has 1 aliphatic carbocycles. The molecule has 0 bridgehead atoms. The molecular formula is C25H29NO. The van der Waals surface area contributed by atoms with Crippen LogP contribution in [0.15, 0.2) is 71.2 Å². The molecule has 2 aromatic carbocycles. The number of hydrogen-bond donors (Lipinski definition) is 0. The standard InChI is InChI=1S/C25H29NO/c1-2-12-22-23(21-15-8-4-9-16-21)25(17-10-5-11-18-25)27-24(22)26-19-20-13-6-3-7-14-20/h3-4,6-9,13-16H,2,5,10-12,17-19H2,1H3. The van der Waals surface area contributed by atoms with Crippen LogP contribution >= 0.6 is 0 Å². The van der Waals surface area contributed by atoms with Crippen LogP contribution in [0.25, 0.3) is 5.57 Å². The SMILES string of the molecule is CCCC1=C(c2ccccc2)C2(CCCCC2)OC1=NCc1ccccc1. The van der Waals surface area contributed by atoms with Crippen molar-refractivity contribution in [3.63, 3.8) is 0 Å². The first kappa shape index (κ1) is 18.0. The summed E-state index contributed by atoms with van der Waals surface area (Å²) in [5.41, 5.74) is 5.13. The second kappa shape index (κ2) is 8.12. The minimum absolute atomic E-state index is 0.167. The third kappa shape index (κ3) is 3.71. The van der Waals surface area contributed by atoms with Crippen molar-refractivity contribution in [2.75, 3.05) is 0 Å². The molecule has 140 valence electrons. The molecule has 4 rings (SSSR count). The van der Waals surface area contributed by atoms with Gasteiger partial charge in [0.25, 0.3) is 0 Å². The second-order valence-corrected chi connectivity index (χ2v) is 7.73. The molecule has 0 saturated heterocycles. The summed E-state index contributed by atoms with van der Waals surface area (Å²) in [5.74, 6) is 0.890. The van der Waals surface area contributed by atoms with E-state index in [1.807, 2.05) is 0 Å². The van der Waals surface area contributed by atoms with E-state index in [0.717, 1.165) is 31.6 Å². The highest BCUT2D eigenvalue weighted by atomic mass is 16.5. The highest BCUT2D eigenvalue weighted by molar-refractivity contribution is 6.07. The van der Waals surface area contributed by atoms with Crippen LogP contribution < -0.4 is 0 Å². The molecule has 1 aliphatic heterocycles. The number of aliphatic imine (C=N–C) groups is 1. The second-order valence-electron chi connectivity index (χ2n) is 7.73. The van der Waals surface area contributed by atoms with Crippen LogP contribution in [0.2, 0.25) is 0 Å². The Bertz CT molecular complexity index is 814. The quantitative estimate of drug-likeness (QED) is 0.591. The minimum Gasteiger partial charge on any atom is -0.466 e. The monoisotopic (exact) mass is 359 g/mol. The van der Waals surface area contributed by atoms with Crippen LogP contribution in [0, 0.1) is 0 Å². The average molecular weight is 360 g/mol. The van der Waals surface area contributed by atoms with Gasteiger partial charge in [-0.25, -0.2) is 4.99 Å². The Hall–Kier alpha value is -2.35. The maximum absolute atomic E-state index is 6.72. The van der Waals surface area contributed by atoms with E-state index >= 15 is 0 Å². The molecule has 1 spiro atoms. The van der Waals surface area contributed by atoms with Crippen molar-refractivity contribution in [2.24, 2.45) is 4.99 Å². The number of benzene rings is 2. The van der Waals surface area contributed by atoms with E-state index in [0.29, 0.717) is 6.54 Å². The van der Waals surface area contributed by atoms with Crippen LogP contribution in [0.1, 0.15) is 63.0 Å². The van der Waals surface area contributed by atoms with Crippen LogP contribution in [-0.2, 0) is 11.3 Å². The molecule has 2 aromatic rings. The van der Waals surface area contributed by atoms with Gasteiger partial charge in [0.15, 0.2) is 0 Å². The number of nitrogens with zero attached hydrogens (tertiary/aromatic N) is 1. The van der Waals surface area contributed by atoms with Gasteiger partial charge in [-0.2, -0.15) is 0 Å². The fraction of sp³-hybridized carbons (Fsp3) is 0.400. The zero-order valence-corrected chi connectivity index (χ0v) is 16.3. The summed E-state index contributed by atoms with van der Waals surface area (Å²) in [6.07, 6.45) is 8.13. The van der Waals surface area contributed by atoms with Gasteiger partial charge in [-0.15, -0.1) is 0 Å². The van der Waals surface area contributed by atoms with E-state index in [4.69, 9.17) is 9.73 Å². The van der Waals surface area contributed by atoms with Crippen molar-refractivity contribution >= 4 is 11.5 Å². The van der Waals surface area contributed by atoms with E-state index in [1.54, 1.807) is 0 Å². The van der Waals surface area contributed by atoms with Gasteiger partial charge in [0.1, 0.15) is 5.60 Å². The first-order valence-electron chi connectivity index (χ1n) is 10.4. The molecular weight excluding hydrogens is 330 g/mol. The molecule has 0 unspecified atom stereocenters. The highest BCUT2D eigenvalue weighted by Gasteiger charge is 2.46. The van der Waals surface area contributed by atoms with E-state index in [-0.39, 0.29) is 5.60 Å². The highest BCUT2D eigenvalue weighted by Crippen LogP contribution is 2.49. The van der Waals surface area contributed by atoms with Crippen molar-refractivity contribution in [3.05, 3.63) is 77.4 Å². The van der Waals surface area contributed by atoms with Crippen molar-refractivity contribution in [3.8, 4) is 0 Å². The fourth-order valence-electron chi connectivity index (χ4n) is 4.55. The molecule has 0 N–H and O–H groups in total. The minimum atomic E-state index is -0.167. The van der Waals surface area contributed by atoms with Gasteiger partial charge in [0, 0.05) is 11.1 Å². The Morgan fingerprint density at radius 3 is 2.22 bits per heavy atom. The lowest BCUT2D eigenvalue weighted by Gasteiger charge is -2.35. The van der Waals surface area contributed by atoms with Crippen molar-refractivity contribution in [2.45, 2.75) is 64.0 Å². The Morgan fingerprint density at radius 2 is 1.56 bits per heavy atom. The third-order valence-electron chi connectivity index (χ3n) is 5.78. The largest absolute Gasteiger partial charge is 0.466 e. The van der Waals surface area contributed by atoms with Gasteiger partial charge in [0.2, 0.25) is 5.90 Å². The van der Waals surface area contributed by atoms with Crippen molar-refractivity contribution < 1.29 is 4.74 Å². The van der Waals surface area contributed by atoms with Gasteiger partial charge < -0.3 is 4.74 Å². The molecule has 0 radical (unpaired) electrons. The fourth-order valence-corrected chi connectivity index (χ4v) is 4.55. The molecule has 1 fully saturated rings. The average Bonchev–Trinajstić information content (AvgIpc) is 3.01. The summed E-state index contributed by atoms with van der Waals surface area (Å²) in [6.45, 7) is 2.93. The lowest BCUT2D eigenvalue weighted by molar-refractivity contribution is 0.0846. The summed E-state index contributed by atoms with van der Waals surface area (Å²) in [7, 11) is 0. The van der Waals surface area contributed by atoms with Gasteiger partial charge in [0.05, 0.1) is 6.54 Å². The van der Waals surface area contributed by atoms with Crippen LogP contribution in [0.4, 0.5) is 0 Å². The van der Waals surface area contributed by atoms with E-state index in [9.17, 15) is 0 Å². The molecule has 2 nitrogen and oxygen atoms in total. The van der Waals surface area contributed by atoms with Crippen LogP contribution in [0.3, 0.4) is 0 Å². The lowest BCUT2D eigenvalue weighted by atomic mass is 9.76. The summed E-state index contributed by atoms with van der Waals surface area (Å²) in [5, 5.41) is 0. The Balaban J connectivity index is 1.77. The zero-order chi connectivity index (χ0) is 18.5. The Morgan fingerprint density at radius 1 is 0.889 bits per heavy atom. The maximum atomic E-state index is 6.72. The molecule has 2 heteroatoms. The van der Waals surface area contributed by atoms with E-state index in [1.165, 1.54) is 41.5 Å². The first-order valence-corrected chi connectivity index (χ1v) is 10.4.